The Balaban J connectivity index is 1.61. The highest BCUT2D eigenvalue weighted by molar-refractivity contribution is 5.91. The molecule has 1 aliphatic carbocycles. The quantitative estimate of drug-likeness (QED) is 0.850. The van der Waals surface area contributed by atoms with E-state index in [9.17, 15) is 9.18 Å². The Bertz CT molecular complexity index is 721. The van der Waals surface area contributed by atoms with Gasteiger partial charge in [0, 0.05) is 18.5 Å². The van der Waals surface area contributed by atoms with Crippen LogP contribution in [0, 0.1) is 5.82 Å². The van der Waals surface area contributed by atoms with Gasteiger partial charge in [0.1, 0.15) is 5.82 Å². The molecule has 0 saturated heterocycles. The van der Waals surface area contributed by atoms with E-state index in [0.29, 0.717) is 12.5 Å². The number of nitrogens with zero attached hydrogens (tertiary/aromatic N) is 2. The van der Waals surface area contributed by atoms with Crippen molar-refractivity contribution in [1.82, 2.24) is 15.4 Å². The molecule has 1 heterocycles. The van der Waals surface area contributed by atoms with E-state index in [4.69, 9.17) is 4.52 Å². The zero-order chi connectivity index (χ0) is 18.5. The molecule has 5 nitrogen and oxygen atoms in total. The minimum atomic E-state index is -0.271. The number of nitrogens with one attached hydrogen (secondary N) is 1. The number of benzene rings is 1. The van der Waals surface area contributed by atoms with Crippen LogP contribution in [0.15, 0.2) is 34.9 Å². The lowest BCUT2D eigenvalue weighted by Crippen LogP contribution is -2.34. The lowest BCUT2D eigenvalue weighted by Gasteiger charge is -2.24. The van der Waals surface area contributed by atoms with Crippen LogP contribution in [0.4, 0.5) is 4.39 Å². The van der Waals surface area contributed by atoms with Crippen molar-refractivity contribution in [3.63, 3.8) is 0 Å². The number of hydrogen-bond donors (Lipinski definition) is 1. The highest BCUT2D eigenvalue weighted by Gasteiger charge is 2.22. The summed E-state index contributed by atoms with van der Waals surface area (Å²) in [4.78, 5) is 14.4. The van der Waals surface area contributed by atoms with Gasteiger partial charge in [0.25, 0.3) is 5.91 Å². The van der Waals surface area contributed by atoms with Crippen molar-refractivity contribution in [3.8, 4) is 0 Å². The number of hydrogen-bond acceptors (Lipinski definition) is 4. The highest BCUT2D eigenvalue weighted by Crippen LogP contribution is 2.32. The van der Waals surface area contributed by atoms with Crippen LogP contribution in [0.2, 0.25) is 0 Å². The van der Waals surface area contributed by atoms with Crippen molar-refractivity contribution in [2.75, 3.05) is 20.6 Å². The Hall–Kier alpha value is -2.21. The molecule has 2 aromatic rings. The lowest BCUT2D eigenvalue weighted by atomic mass is 9.87. The summed E-state index contributed by atoms with van der Waals surface area (Å²) < 4.78 is 18.4. The number of halogens is 1. The number of carbonyl (C=O) groups is 1. The molecule has 0 radical (unpaired) electrons. The predicted molar refractivity (Wildman–Crippen MR) is 97.5 cm³/mol. The molecule has 3 rings (SSSR count). The summed E-state index contributed by atoms with van der Waals surface area (Å²) in [5.41, 5.74) is 1.83. The van der Waals surface area contributed by atoms with Gasteiger partial charge in [0.05, 0.1) is 11.7 Å². The molecule has 140 valence electrons. The fraction of sp³-hybridized carbons (Fsp3) is 0.500. The average Bonchev–Trinajstić information content (AvgIpc) is 3.14. The molecule has 1 amide bonds. The molecule has 1 aromatic heterocycles. The SMILES string of the molecule is CN(C)[C@H](CNC(=O)c1cc(C2CCCCC2)no1)c1ccc(F)cc1. The first-order chi connectivity index (χ1) is 12.5. The standard InChI is InChI=1S/C20H26FN3O2/c1-24(2)18(15-8-10-16(21)11-9-15)13-22-20(25)19-12-17(23-26-19)14-6-4-3-5-7-14/h8-12,14,18H,3-7,13H2,1-2H3,(H,22,25)/t18-/m1/s1. The van der Waals surface area contributed by atoms with E-state index < -0.39 is 0 Å². The summed E-state index contributed by atoms with van der Waals surface area (Å²) in [6, 6.07) is 8.05. The zero-order valence-electron chi connectivity index (χ0n) is 15.4. The number of carbonyl (C=O) groups excluding carboxylic acids is 1. The van der Waals surface area contributed by atoms with Crippen LogP contribution in [-0.4, -0.2) is 36.6 Å². The predicted octanol–water partition coefficient (Wildman–Crippen LogP) is 3.89. The smallest absolute Gasteiger partial charge is 0.289 e. The fourth-order valence-electron chi connectivity index (χ4n) is 3.55. The van der Waals surface area contributed by atoms with Crippen molar-refractivity contribution >= 4 is 5.91 Å². The van der Waals surface area contributed by atoms with Crippen LogP contribution < -0.4 is 5.32 Å². The number of aromatic nitrogens is 1. The summed E-state index contributed by atoms with van der Waals surface area (Å²) >= 11 is 0. The largest absolute Gasteiger partial charge is 0.351 e. The third kappa shape index (κ3) is 4.49. The second-order valence-electron chi connectivity index (χ2n) is 7.19. The Morgan fingerprint density at radius 3 is 2.62 bits per heavy atom. The van der Waals surface area contributed by atoms with E-state index in [1.807, 2.05) is 19.0 Å². The molecule has 0 unspecified atom stereocenters. The van der Waals surface area contributed by atoms with Crippen LogP contribution in [-0.2, 0) is 0 Å². The molecule has 1 aromatic carbocycles. The Labute approximate surface area is 153 Å². The second-order valence-corrected chi connectivity index (χ2v) is 7.19. The summed E-state index contributed by atoms with van der Waals surface area (Å²) in [6.45, 7) is 0.400. The number of likely N-dealkylation sites (N-methyl/N-ethyl adjacent to an activating group) is 1. The van der Waals surface area contributed by atoms with Crippen LogP contribution in [0.25, 0.3) is 0 Å². The van der Waals surface area contributed by atoms with Crippen molar-refractivity contribution < 1.29 is 13.7 Å². The molecule has 6 heteroatoms. The van der Waals surface area contributed by atoms with Crippen molar-refractivity contribution in [2.45, 2.75) is 44.1 Å². The highest BCUT2D eigenvalue weighted by atomic mass is 19.1. The summed E-state index contributed by atoms with van der Waals surface area (Å²) in [5, 5.41) is 7.00. The Kier molecular flexibility index (Phi) is 6.04. The maximum absolute atomic E-state index is 13.1. The normalized spacial score (nSPS) is 16.6. The third-order valence-corrected chi connectivity index (χ3v) is 5.11. The van der Waals surface area contributed by atoms with Gasteiger partial charge in [0.15, 0.2) is 0 Å². The van der Waals surface area contributed by atoms with Crippen LogP contribution in [0.1, 0.15) is 65.9 Å². The van der Waals surface area contributed by atoms with Gasteiger partial charge in [-0.2, -0.15) is 0 Å². The monoisotopic (exact) mass is 359 g/mol. The third-order valence-electron chi connectivity index (χ3n) is 5.11. The first kappa shape index (κ1) is 18.6. The maximum Gasteiger partial charge on any atom is 0.289 e. The van der Waals surface area contributed by atoms with E-state index >= 15 is 0 Å². The van der Waals surface area contributed by atoms with Crippen molar-refractivity contribution in [3.05, 3.63) is 53.2 Å². The van der Waals surface area contributed by atoms with E-state index in [1.54, 1.807) is 18.2 Å². The topological polar surface area (TPSA) is 58.4 Å². The molecule has 1 saturated carbocycles. The van der Waals surface area contributed by atoms with E-state index in [-0.39, 0.29) is 23.5 Å². The Morgan fingerprint density at radius 1 is 1.27 bits per heavy atom. The van der Waals surface area contributed by atoms with Gasteiger partial charge < -0.3 is 14.7 Å². The lowest BCUT2D eigenvalue weighted by molar-refractivity contribution is 0.0904. The van der Waals surface area contributed by atoms with Crippen LogP contribution in [0.5, 0.6) is 0 Å². The fourth-order valence-corrected chi connectivity index (χ4v) is 3.55. The molecular formula is C20H26FN3O2. The number of rotatable bonds is 6. The molecule has 0 aliphatic heterocycles. The zero-order valence-corrected chi connectivity index (χ0v) is 15.4. The van der Waals surface area contributed by atoms with E-state index in [0.717, 1.165) is 24.1 Å². The van der Waals surface area contributed by atoms with Gasteiger partial charge in [-0.3, -0.25) is 4.79 Å². The molecule has 1 N–H and O–H groups in total. The Morgan fingerprint density at radius 2 is 1.96 bits per heavy atom. The number of amides is 1. The molecule has 1 aliphatic rings. The van der Waals surface area contributed by atoms with Crippen LogP contribution in [0.3, 0.4) is 0 Å². The summed E-state index contributed by atoms with van der Waals surface area (Å²) in [7, 11) is 3.85. The van der Waals surface area contributed by atoms with Crippen LogP contribution >= 0.6 is 0 Å². The molecule has 1 fully saturated rings. The minimum absolute atomic E-state index is 0.0553. The van der Waals surface area contributed by atoms with E-state index in [1.165, 1.54) is 31.4 Å². The molecule has 0 spiro atoms. The van der Waals surface area contributed by atoms with Gasteiger partial charge in [-0.15, -0.1) is 0 Å². The van der Waals surface area contributed by atoms with Crippen molar-refractivity contribution in [2.24, 2.45) is 0 Å². The average molecular weight is 359 g/mol. The van der Waals surface area contributed by atoms with Gasteiger partial charge >= 0.3 is 0 Å². The van der Waals surface area contributed by atoms with Gasteiger partial charge in [-0.05, 0) is 44.6 Å². The first-order valence-electron chi connectivity index (χ1n) is 9.21. The van der Waals surface area contributed by atoms with E-state index in [2.05, 4.69) is 10.5 Å². The van der Waals surface area contributed by atoms with Crippen molar-refractivity contribution in [1.29, 1.82) is 0 Å². The molecule has 26 heavy (non-hydrogen) atoms. The van der Waals surface area contributed by atoms with Gasteiger partial charge in [0.2, 0.25) is 5.76 Å². The van der Waals surface area contributed by atoms with Gasteiger partial charge in [-0.25, -0.2) is 4.39 Å². The summed E-state index contributed by atoms with van der Waals surface area (Å²) in [5.74, 6) is 0.116. The molecular weight excluding hydrogens is 333 g/mol. The second kappa shape index (κ2) is 8.45. The van der Waals surface area contributed by atoms with Gasteiger partial charge in [-0.1, -0.05) is 36.6 Å². The molecule has 0 bridgehead atoms. The molecule has 1 atom stereocenters. The minimum Gasteiger partial charge on any atom is -0.351 e. The maximum atomic E-state index is 13.1. The first-order valence-corrected chi connectivity index (χ1v) is 9.21. The summed E-state index contributed by atoms with van der Waals surface area (Å²) in [6.07, 6.45) is 5.92.